The molecule has 0 aromatic rings. The number of nitrogens with zero attached hydrogens (tertiary/aromatic N) is 1. The molecular formula is C14H22N2O4. The largest absolute Gasteiger partial charge is 0.393 e. The summed E-state index contributed by atoms with van der Waals surface area (Å²) in [5, 5.41) is 11.8. The van der Waals surface area contributed by atoms with Crippen LogP contribution in [-0.4, -0.2) is 40.0 Å². The van der Waals surface area contributed by atoms with E-state index in [1.54, 1.807) is 0 Å². The molecule has 0 aromatic heterocycles. The number of carbonyl (C=O) groups excluding carboxylic acids is 3. The van der Waals surface area contributed by atoms with E-state index in [2.05, 4.69) is 5.32 Å². The van der Waals surface area contributed by atoms with E-state index < -0.39 is 17.9 Å². The topological polar surface area (TPSA) is 86.7 Å². The van der Waals surface area contributed by atoms with Crippen LogP contribution in [0.2, 0.25) is 0 Å². The van der Waals surface area contributed by atoms with Gasteiger partial charge in [-0.3, -0.25) is 19.8 Å². The second-order valence-corrected chi connectivity index (χ2v) is 5.66. The molecule has 4 amide bonds. The van der Waals surface area contributed by atoms with Crippen molar-refractivity contribution in [2.45, 2.75) is 64.0 Å². The monoisotopic (exact) mass is 282 g/mol. The molecule has 0 radical (unpaired) electrons. The summed E-state index contributed by atoms with van der Waals surface area (Å²) in [7, 11) is 0. The van der Waals surface area contributed by atoms with Crippen LogP contribution >= 0.6 is 0 Å². The number of aliphatic hydroxyl groups is 1. The van der Waals surface area contributed by atoms with Gasteiger partial charge in [-0.2, -0.15) is 0 Å². The Morgan fingerprint density at radius 2 is 1.85 bits per heavy atom. The van der Waals surface area contributed by atoms with Gasteiger partial charge in [0.05, 0.1) is 6.10 Å². The van der Waals surface area contributed by atoms with Gasteiger partial charge in [0.25, 0.3) is 0 Å². The lowest BCUT2D eigenvalue weighted by molar-refractivity contribution is -0.145. The molecule has 1 saturated heterocycles. The minimum Gasteiger partial charge on any atom is -0.393 e. The predicted molar refractivity (Wildman–Crippen MR) is 71.7 cm³/mol. The highest BCUT2D eigenvalue weighted by molar-refractivity contribution is 6.16. The molecule has 2 aliphatic rings. The SMILES string of the molecule is CCCCC1C(=O)NC(=O)N(C2CCC(O)CC2)C1=O. The number of imide groups is 2. The number of carbonyl (C=O) groups is 3. The van der Waals surface area contributed by atoms with Gasteiger partial charge in [0.2, 0.25) is 11.8 Å². The zero-order valence-electron chi connectivity index (χ0n) is 11.8. The molecule has 1 saturated carbocycles. The van der Waals surface area contributed by atoms with Gasteiger partial charge in [-0.15, -0.1) is 0 Å². The first-order chi connectivity index (χ1) is 9.54. The normalized spacial score (nSPS) is 31.4. The third-order valence-corrected chi connectivity index (χ3v) is 4.18. The van der Waals surface area contributed by atoms with Gasteiger partial charge in [-0.05, 0) is 32.1 Å². The summed E-state index contributed by atoms with van der Waals surface area (Å²) >= 11 is 0. The minimum atomic E-state index is -0.737. The van der Waals surface area contributed by atoms with Crippen molar-refractivity contribution in [2.24, 2.45) is 5.92 Å². The zero-order valence-corrected chi connectivity index (χ0v) is 11.8. The molecule has 6 nitrogen and oxygen atoms in total. The first-order valence-electron chi connectivity index (χ1n) is 7.40. The van der Waals surface area contributed by atoms with Crippen LogP contribution < -0.4 is 5.32 Å². The Bertz CT molecular complexity index is 402. The molecule has 6 heteroatoms. The molecule has 2 N–H and O–H groups in total. The number of amides is 4. The third-order valence-electron chi connectivity index (χ3n) is 4.18. The van der Waals surface area contributed by atoms with Crippen LogP contribution in [0, 0.1) is 5.92 Å². The summed E-state index contributed by atoms with van der Waals surface area (Å²) in [6, 6.07) is -0.794. The van der Waals surface area contributed by atoms with Crippen LogP contribution in [0.1, 0.15) is 51.9 Å². The van der Waals surface area contributed by atoms with E-state index in [4.69, 9.17) is 0 Å². The van der Waals surface area contributed by atoms with Gasteiger partial charge in [-0.1, -0.05) is 19.8 Å². The summed E-state index contributed by atoms with van der Waals surface area (Å²) in [5.41, 5.74) is 0. The summed E-state index contributed by atoms with van der Waals surface area (Å²) in [4.78, 5) is 37.3. The predicted octanol–water partition coefficient (Wildman–Crippen LogP) is 1.17. The van der Waals surface area contributed by atoms with Gasteiger partial charge in [0.1, 0.15) is 5.92 Å². The number of nitrogens with one attached hydrogen (secondary N) is 1. The van der Waals surface area contributed by atoms with Gasteiger partial charge >= 0.3 is 6.03 Å². The minimum absolute atomic E-state index is 0.192. The van der Waals surface area contributed by atoms with Crippen LogP contribution in [0.3, 0.4) is 0 Å². The average molecular weight is 282 g/mol. The van der Waals surface area contributed by atoms with Crippen LogP contribution in [0.5, 0.6) is 0 Å². The van der Waals surface area contributed by atoms with Crippen molar-refractivity contribution in [2.75, 3.05) is 0 Å². The number of unbranched alkanes of at least 4 members (excludes halogenated alkanes) is 1. The third kappa shape index (κ3) is 3.00. The fourth-order valence-corrected chi connectivity index (χ4v) is 2.96. The highest BCUT2D eigenvalue weighted by Crippen LogP contribution is 2.27. The van der Waals surface area contributed by atoms with Crippen LogP contribution in [0.25, 0.3) is 0 Å². The second kappa shape index (κ2) is 6.35. The number of urea groups is 1. The van der Waals surface area contributed by atoms with E-state index in [0.717, 1.165) is 12.8 Å². The van der Waals surface area contributed by atoms with Crippen molar-refractivity contribution in [3.63, 3.8) is 0 Å². The maximum atomic E-state index is 12.4. The number of barbiturate groups is 1. The van der Waals surface area contributed by atoms with Crippen molar-refractivity contribution < 1.29 is 19.5 Å². The summed E-state index contributed by atoms with van der Waals surface area (Å²) in [6.45, 7) is 2.00. The molecule has 112 valence electrons. The van der Waals surface area contributed by atoms with E-state index >= 15 is 0 Å². The van der Waals surface area contributed by atoms with Crippen molar-refractivity contribution in [1.29, 1.82) is 0 Å². The molecule has 2 fully saturated rings. The number of aliphatic hydroxyl groups excluding tert-OH is 1. The maximum Gasteiger partial charge on any atom is 0.331 e. The summed E-state index contributed by atoms with van der Waals surface area (Å²) < 4.78 is 0. The van der Waals surface area contributed by atoms with Crippen LogP contribution in [0.15, 0.2) is 0 Å². The Balaban J connectivity index is 2.08. The molecular weight excluding hydrogens is 260 g/mol. The Labute approximate surface area is 118 Å². The molecule has 0 aromatic carbocycles. The van der Waals surface area contributed by atoms with Crippen molar-refractivity contribution >= 4 is 17.8 Å². The van der Waals surface area contributed by atoms with Crippen molar-refractivity contribution in [3.05, 3.63) is 0 Å². The first kappa shape index (κ1) is 15.0. The molecule has 1 atom stereocenters. The fraction of sp³-hybridized carbons (Fsp3) is 0.786. The van der Waals surface area contributed by atoms with Gasteiger partial charge in [-0.25, -0.2) is 4.79 Å². The smallest absolute Gasteiger partial charge is 0.331 e. The number of hydrogen-bond donors (Lipinski definition) is 2. The quantitative estimate of drug-likeness (QED) is 0.758. The lowest BCUT2D eigenvalue weighted by atomic mass is 9.89. The molecule has 1 aliphatic heterocycles. The Hall–Kier alpha value is -1.43. The lowest BCUT2D eigenvalue weighted by Gasteiger charge is -2.38. The van der Waals surface area contributed by atoms with Gasteiger partial charge < -0.3 is 5.11 Å². The van der Waals surface area contributed by atoms with E-state index in [9.17, 15) is 19.5 Å². The highest BCUT2D eigenvalue weighted by Gasteiger charge is 2.43. The summed E-state index contributed by atoms with van der Waals surface area (Å²) in [5.74, 6) is -1.58. The molecule has 1 aliphatic carbocycles. The molecule has 0 bridgehead atoms. The maximum absolute atomic E-state index is 12.4. The Morgan fingerprint density at radius 1 is 1.20 bits per heavy atom. The van der Waals surface area contributed by atoms with Crippen LogP contribution in [-0.2, 0) is 9.59 Å². The standard InChI is InChI=1S/C14H22N2O4/c1-2-3-4-11-12(18)15-14(20)16(13(11)19)9-5-7-10(17)8-6-9/h9-11,17H,2-8H2,1H3,(H,15,18,20). The lowest BCUT2D eigenvalue weighted by Crippen LogP contribution is -2.61. The number of rotatable bonds is 4. The summed E-state index contributed by atoms with van der Waals surface area (Å²) in [6.07, 6.45) is 4.23. The second-order valence-electron chi connectivity index (χ2n) is 5.66. The molecule has 20 heavy (non-hydrogen) atoms. The first-order valence-corrected chi connectivity index (χ1v) is 7.40. The van der Waals surface area contributed by atoms with Crippen molar-refractivity contribution in [1.82, 2.24) is 10.2 Å². The van der Waals surface area contributed by atoms with Crippen LogP contribution in [0.4, 0.5) is 4.79 Å². The zero-order chi connectivity index (χ0) is 14.7. The molecule has 0 spiro atoms. The van der Waals surface area contributed by atoms with E-state index in [-0.39, 0.29) is 18.1 Å². The van der Waals surface area contributed by atoms with E-state index in [1.165, 1.54) is 4.90 Å². The Kier molecular flexibility index (Phi) is 4.75. The van der Waals surface area contributed by atoms with Gasteiger partial charge in [0.15, 0.2) is 0 Å². The Morgan fingerprint density at radius 3 is 2.45 bits per heavy atom. The van der Waals surface area contributed by atoms with Gasteiger partial charge in [0, 0.05) is 6.04 Å². The number of hydrogen-bond acceptors (Lipinski definition) is 4. The molecule has 2 rings (SSSR count). The molecule has 1 unspecified atom stereocenters. The molecule has 1 heterocycles. The van der Waals surface area contributed by atoms with E-state index in [1.807, 2.05) is 6.92 Å². The van der Waals surface area contributed by atoms with E-state index in [0.29, 0.717) is 32.1 Å². The average Bonchev–Trinajstić information content (AvgIpc) is 2.40. The highest BCUT2D eigenvalue weighted by atomic mass is 16.3. The fourth-order valence-electron chi connectivity index (χ4n) is 2.96. The van der Waals surface area contributed by atoms with Crippen molar-refractivity contribution in [3.8, 4) is 0 Å².